The molecule has 0 radical (unpaired) electrons. The van der Waals surface area contributed by atoms with Gasteiger partial charge in [0.2, 0.25) is 0 Å². The first-order valence-corrected chi connectivity index (χ1v) is 9.49. The molecule has 3 nitrogen and oxygen atoms in total. The zero-order valence-electron chi connectivity index (χ0n) is 13.8. The lowest BCUT2D eigenvalue weighted by Gasteiger charge is -2.21. The van der Waals surface area contributed by atoms with Crippen molar-refractivity contribution in [3.8, 4) is 0 Å². The molecule has 0 N–H and O–H groups in total. The van der Waals surface area contributed by atoms with E-state index < -0.39 is 10.0 Å². The lowest BCUT2D eigenvalue weighted by atomic mass is 10.2. The summed E-state index contributed by atoms with van der Waals surface area (Å²) < 4.78 is 40.0. The van der Waals surface area contributed by atoms with E-state index in [-0.39, 0.29) is 22.3 Å². The summed E-state index contributed by atoms with van der Waals surface area (Å²) in [5, 5.41) is 0.208. The van der Waals surface area contributed by atoms with Crippen molar-refractivity contribution in [2.75, 3.05) is 6.54 Å². The molecular weight excluding hydrogens is 361 g/mol. The van der Waals surface area contributed by atoms with Crippen LogP contribution in [0.25, 0.3) is 5.03 Å². The Kier molecular flexibility index (Phi) is 6.39. The smallest absolute Gasteiger partial charge is 0.263 e. The highest BCUT2D eigenvalue weighted by Gasteiger charge is 2.21. The monoisotopic (exact) mass is 379 g/mol. The SMILES string of the molecule is C=CCCN(/C=C(/Cl)c1ccc(F)cc1)S(=O)(=O)c1ccc(C)cc1. The third kappa shape index (κ3) is 4.94. The molecule has 2 aromatic rings. The molecule has 0 bridgehead atoms. The fourth-order valence-electron chi connectivity index (χ4n) is 2.13. The number of aryl methyl sites for hydroxylation is 1. The number of hydrogen-bond acceptors (Lipinski definition) is 2. The van der Waals surface area contributed by atoms with E-state index in [1.54, 1.807) is 30.3 Å². The van der Waals surface area contributed by atoms with Crippen LogP contribution in [0.4, 0.5) is 4.39 Å². The maximum absolute atomic E-state index is 13.0. The van der Waals surface area contributed by atoms with Gasteiger partial charge in [-0.2, -0.15) is 0 Å². The summed E-state index contributed by atoms with van der Waals surface area (Å²) in [5.41, 5.74) is 1.50. The standard InChI is InChI=1S/C19H19ClFNO2S/c1-3-4-13-22(14-19(20)16-7-9-17(21)10-8-16)25(23,24)18-11-5-15(2)6-12-18/h3,5-12,14H,1,4,13H2,2H3/b19-14+. The van der Waals surface area contributed by atoms with Crippen LogP contribution in [0.15, 0.2) is 72.3 Å². The second-order valence-electron chi connectivity index (χ2n) is 5.49. The fraction of sp³-hybridized carbons (Fsp3) is 0.158. The van der Waals surface area contributed by atoms with Gasteiger partial charge >= 0.3 is 0 Å². The molecular formula is C19H19ClFNO2S. The van der Waals surface area contributed by atoms with Crippen LogP contribution in [0.5, 0.6) is 0 Å². The Morgan fingerprint density at radius 3 is 2.32 bits per heavy atom. The van der Waals surface area contributed by atoms with Crippen LogP contribution in [0, 0.1) is 12.7 Å². The molecule has 0 spiro atoms. The molecule has 2 aromatic carbocycles. The highest BCUT2D eigenvalue weighted by molar-refractivity contribution is 7.89. The molecule has 6 heteroatoms. The number of hydrogen-bond donors (Lipinski definition) is 0. The summed E-state index contributed by atoms with van der Waals surface area (Å²) in [6.07, 6.45) is 3.46. The summed E-state index contributed by atoms with van der Waals surface area (Å²) in [7, 11) is -3.75. The zero-order valence-corrected chi connectivity index (χ0v) is 15.4. The number of rotatable bonds is 7. The van der Waals surface area contributed by atoms with Gasteiger partial charge in [-0.15, -0.1) is 6.58 Å². The van der Waals surface area contributed by atoms with Gasteiger partial charge in [0.1, 0.15) is 5.82 Å². The lowest BCUT2D eigenvalue weighted by Crippen LogP contribution is -2.27. The predicted octanol–water partition coefficient (Wildman–Crippen LogP) is 4.94. The Bertz CT molecular complexity index is 859. The number of benzene rings is 2. The molecule has 0 saturated heterocycles. The van der Waals surface area contributed by atoms with Crippen LogP contribution in [0.1, 0.15) is 17.5 Å². The van der Waals surface area contributed by atoms with Crippen LogP contribution < -0.4 is 0 Å². The Morgan fingerprint density at radius 1 is 1.16 bits per heavy atom. The summed E-state index contributed by atoms with van der Waals surface area (Å²) >= 11 is 6.26. The van der Waals surface area contributed by atoms with Crippen molar-refractivity contribution in [1.29, 1.82) is 0 Å². The van der Waals surface area contributed by atoms with Gasteiger partial charge in [-0.05, 0) is 43.2 Å². The van der Waals surface area contributed by atoms with Gasteiger partial charge in [0.15, 0.2) is 0 Å². The van der Waals surface area contributed by atoms with Crippen molar-refractivity contribution >= 4 is 26.7 Å². The molecule has 0 unspecified atom stereocenters. The third-order valence-corrected chi connectivity index (χ3v) is 5.65. The fourth-order valence-corrected chi connectivity index (χ4v) is 3.77. The van der Waals surface area contributed by atoms with Crippen LogP contribution in [0.3, 0.4) is 0 Å². The molecule has 0 aromatic heterocycles. The van der Waals surface area contributed by atoms with Gasteiger partial charge in [-0.3, -0.25) is 4.31 Å². The topological polar surface area (TPSA) is 37.4 Å². The highest BCUT2D eigenvalue weighted by Crippen LogP contribution is 2.24. The first-order chi connectivity index (χ1) is 11.8. The normalized spacial score (nSPS) is 12.0. The van der Waals surface area contributed by atoms with Gasteiger partial charge in [0, 0.05) is 12.7 Å². The van der Waals surface area contributed by atoms with Crippen LogP contribution in [-0.2, 0) is 10.0 Å². The molecule has 2 rings (SSSR count). The second-order valence-corrected chi connectivity index (χ2v) is 7.79. The maximum atomic E-state index is 13.0. The number of sulfonamides is 1. The minimum atomic E-state index is -3.75. The summed E-state index contributed by atoms with van der Waals surface area (Å²) in [6.45, 7) is 5.72. The van der Waals surface area contributed by atoms with E-state index in [4.69, 9.17) is 11.6 Å². The third-order valence-electron chi connectivity index (χ3n) is 3.56. The first-order valence-electron chi connectivity index (χ1n) is 7.67. The van der Waals surface area contributed by atoms with E-state index in [9.17, 15) is 12.8 Å². The molecule has 0 amide bonds. The lowest BCUT2D eigenvalue weighted by molar-refractivity contribution is 0.503. The Balaban J connectivity index is 2.40. The zero-order chi connectivity index (χ0) is 18.4. The molecule has 0 atom stereocenters. The molecule has 0 heterocycles. The predicted molar refractivity (Wildman–Crippen MR) is 100 cm³/mol. The molecule has 132 valence electrons. The average Bonchev–Trinajstić information content (AvgIpc) is 2.59. The minimum absolute atomic E-state index is 0.182. The van der Waals surface area contributed by atoms with Gasteiger partial charge in [0.05, 0.1) is 9.93 Å². The highest BCUT2D eigenvalue weighted by atomic mass is 35.5. The van der Waals surface area contributed by atoms with Gasteiger partial charge in [-0.1, -0.05) is 47.5 Å². The number of nitrogens with zero attached hydrogens (tertiary/aromatic N) is 1. The van der Waals surface area contributed by atoms with Crippen LogP contribution >= 0.6 is 11.6 Å². The summed E-state index contributed by atoms with van der Waals surface area (Å²) in [4.78, 5) is 0.182. The van der Waals surface area contributed by atoms with Crippen LogP contribution in [0.2, 0.25) is 0 Å². The Morgan fingerprint density at radius 2 is 1.76 bits per heavy atom. The Labute approximate surface area is 153 Å². The van der Waals surface area contributed by atoms with Crippen molar-refractivity contribution in [3.05, 3.63) is 84.3 Å². The van der Waals surface area contributed by atoms with E-state index in [2.05, 4.69) is 6.58 Å². The van der Waals surface area contributed by atoms with E-state index >= 15 is 0 Å². The first kappa shape index (κ1) is 19.2. The molecule has 25 heavy (non-hydrogen) atoms. The molecule has 0 aliphatic carbocycles. The van der Waals surface area contributed by atoms with Gasteiger partial charge < -0.3 is 0 Å². The van der Waals surface area contributed by atoms with Gasteiger partial charge in [0.25, 0.3) is 10.0 Å². The van der Waals surface area contributed by atoms with E-state index in [0.29, 0.717) is 12.0 Å². The number of halogens is 2. The minimum Gasteiger partial charge on any atom is -0.272 e. The summed E-state index contributed by atoms with van der Waals surface area (Å²) in [6, 6.07) is 12.1. The van der Waals surface area contributed by atoms with Gasteiger partial charge in [-0.25, -0.2) is 12.8 Å². The Hall–Kier alpha value is -2.11. The quantitative estimate of drug-likeness (QED) is 0.639. The van der Waals surface area contributed by atoms with Crippen molar-refractivity contribution < 1.29 is 12.8 Å². The largest absolute Gasteiger partial charge is 0.272 e. The van der Waals surface area contributed by atoms with Crippen molar-refractivity contribution in [1.82, 2.24) is 4.31 Å². The average molecular weight is 380 g/mol. The van der Waals surface area contributed by atoms with E-state index in [1.807, 2.05) is 6.92 Å². The van der Waals surface area contributed by atoms with E-state index in [0.717, 1.165) is 5.56 Å². The van der Waals surface area contributed by atoms with E-state index in [1.165, 1.54) is 34.8 Å². The van der Waals surface area contributed by atoms with Crippen molar-refractivity contribution in [3.63, 3.8) is 0 Å². The second kappa shape index (κ2) is 8.32. The molecule has 0 fully saturated rings. The van der Waals surface area contributed by atoms with Crippen molar-refractivity contribution in [2.24, 2.45) is 0 Å². The summed E-state index contributed by atoms with van der Waals surface area (Å²) in [5.74, 6) is -0.385. The molecule has 0 aliphatic rings. The maximum Gasteiger partial charge on any atom is 0.263 e. The molecule has 0 saturated carbocycles. The van der Waals surface area contributed by atoms with Crippen molar-refractivity contribution in [2.45, 2.75) is 18.2 Å². The molecule has 0 aliphatic heterocycles. The van der Waals surface area contributed by atoms with Crippen LogP contribution in [-0.4, -0.2) is 19.3 Å².